The van der Waals surface area contributed by atoms with Gasteiger partial charge in [-0.1, -0.05) is 0 Å². The number of carboxylic acids is 2. The fourth-order valence-corrected chi connectivity index (χ4v) is 2.06. The number of benzene rings is 1. The van der Waals surface area contributed by atoms with Crippen molar-refractivity contribution in [1.29, 1.82) is 0 Å². The van der Waals surface area contributed by atoms with Crippen LogP contribution in [0.4, 0.5) is 5.69 Å². The fourth-order valence-electron chi connectivity index (χ4n) is 2.06. The first-order valence-corrected chi connectivity index (χ1v) is 8.29. The Morgan fingerprint density at radius 3 is 2.15 bits per heavy atom. The highest BCUT2D eigenvalue weighted by Gasteiger charge is 2.21. The number of ether oxygens (including phenoxy) is 1. The number of carboxylic acid groups (broad SMARTS) is 2. The van der Waals surface area contributed by atoms with Crippen LogP contribution in [0, 0.1) is 0 Å². The van der Waals surface area contributed by atoms with E-state index in [1.807, 2.05) is 0 Å². The van der Waals surface area contributed by atoms with Crippen LogP contribution in [0.1, 0.15) is 44.0 Å². The van der Waals surface area contributed by atoms with Gasteiger partial charge in [0.05, 0.1) is 0 Å². The monoisotopic (exact) mass is 380 g/mol. The number of hydrogen-bond acceptors (Lipinski definition) is 6. The molecule has 148 valence electrons. The maximum atomic E-state index is 12.1. The van der Waals surface area contributed by atoms with Gasteiger partial charge in [0.25, 0.3) is 5.91 Å². The summed E-state index contributed by atoms with van der Waals surface area (Å²) in [4.78, 5) is 45.5. The Hall–Kier alpha value is -3.10. The smallest absolute Gasteiger partial charge is 0.326 e. The molecule has 9 nitrogen and oxygen atoms in total. The molecule has 0 fully saturated rings. The van der Waals surface area contributed by atoms with E-state index < -0.39 is 35.5 Å². The highest BCUT2D eigenvalue weighted by molar-refractivity contribution is 5.97. The summed E-state index contributed by atoms with van der Waals surface area (Å²) in [6.07, 6.45) is -0.587. The third-order valence-electron chi connectivity index (χ3n) is 3.25. The summed E-state index contributed by atoms with van der Waals surface area (Å²) in [5, 5.41) is 22.8. The van der Waals surface area contributed by atoms with Gasteiger partial charge in [0.15, 0.2) is 0 Å². The molecule has 1 atom stereocenters. The Labute approximate surface area is 156 Å². The van der Waals surface area contributed by atoms with Gasteiger partial charge in [-0.25, -0.2) is 4.79 Å². The van der Waals surface area contributed by atoms with Gasteiger partial charge in [-0.15, -0.1) is 0 Å². The number of hydrogen-bond donors (Lipinski definition) is 4. The maximum Gasteiger partial charge on any atom is 0.326 e. The van der Waals surface area contributed by atoms with E-state index in [0.29, 0.717) is 5.69 Å². The van der Waals surface area contributed by atoms with Crippen LogP contribution >= 0.6 is 0 Å². The second kappa shape index (κ2) is 9.56. The van der Waals surface area contributed by atoms with Crippen LogP contribution in [0.2, 0.25) is 0 Å². The van der Waals surface area contributed by atoms with Crippen molar-refractivity contribution in [1.82, 2.24) is 5.32 Å². The molecule has 1 rings (SSSR count). The molecule has 4 N–H and O–H groups in total. The Kier molecular flexibility index (Phi) is 7.77. The van der Waals surface area contributed by atoms with Crippen LogP contribution in [-0.2, 0) is 19.1 Å². The van der Waals surface area contributed by atoms with Gasteiger partial charge in [-0.2, -0.15) is 0 Å². The zero-order valence-corrected chi connectivity index (χ0v) is 15.4. The highest BCUT2D eigenvalue weighted by atomic mass is 16.6. The molecule has 0 aliphatic carbocycles. The maximum absolute atomic E-state index is 12.1. The van der Waals surface area contributed by atoms with Gasteiger partial charge in [0, 0.05) is 17.7 Å². The Morgan fingerprint density at radius 2 is 1.67 bits per heavy atom. The number of carbonyl (C=O) groups excluding carboxylic acids is 2. The normalized spacial score (nSPS) is 12.0. The lowest BCUT2D eigenvalue weighted by Gasteiger charge is -2.19. The van der Waals surface area contributed by atoms with E-state index in [9.17, 15) is 19.2 Å². The molecule has 0 aliphatic rings. The van der Waals surface area contributed by atoms with Gasteiger partial charge in [0.1, 0.15) is 18.2 Å². The summed E-state index contributed by atoms with van der Waals surface area (Å²) in [5.74, 6) is -3.50. The molecule has 0 heterocycles. The average molecular weight is 380 g/mol. The molecule has 1 amide bonds. The third-order valence-corrected chi connectivity index (χ3v) is 3.25. The number of rotatable bonds is 9. The van der Waals surface area contributed by atoms with Crippen LogP contribution < -0.4 is 10.6 Å². The summed E-state index contributed by atoms with van der Waals surface area (Å²) in [5.41, 5.74) is 0.208. The van der Waals surface area contributed by atoms with Crippen LogP contribution in [-0.4, -0.2) is 52.2 Å². The molecule has 1 aromatic rings. The van der Waals surface area contributed by atoms with E-state index in [1.54, 1.807) is 32.9 Å². The lowest BCUT2D eigenvalue weighted by atomic mass is 10.1. The van der Waals surface area contributed by atoms with Gasteiger partial charge < -0.3 is 25.6 Å². The SMILES string of the molecule is CC(C)(C)OC(=O)CNc1ccc(C(=O)N[C@@H](CCC(=O)O)C(=O)O)cc1. The summed E-state index contributed by atoms with van der Waals surface area (Å²) >= 11 is 0. The summed E-state index contributed by atoms with van der Waals surface area (Å²) < 4.78 is 5.16. The molecule has 27 heavy (non-hydrogen) atoms. The third kappa shape index (κ3) is 8.70. The largest absolute Gasteiger partial charge is 0.481 e. The molecular weight excluding hydrogens is 356 g/mol. The predicted molar refractivity (Wildman–Crippen MR) is 96.5 cm³/mol. The summed E-state index contributed by atoms with van der Waals surface area (Å²) in [7, 11) is 0. The molecule has 0 saturated carbocycles. The summed E-state index contributed by atoms with van der Waals surface area (Å²) in [6.45, 7) is 5.25. The second-order valence-corrected chi connectivity index (χ2v) is 6.81. The Bertz CT molecular complexity index is 693. The number of nitrogens with one attached hydrogen (secondary N) is 2. The minimum atomic E-state index is -1.31. The number of anilines is 1. The molecule has 0 unspecified atom stereocenters. The van der Waals surface area contributed by atoms with Crippen molar-refractivity contribution in [3.8, 4) is 0 Å². The number of aliphatic carboxylic acids is 2. The lowest BCUT2D eigenvalue weighted by Crippen LogP contribution is -2.41. The highest BCUT2D eigenvalue weighted by Crippen LogP contribution is 2.11. The standard InChI is InChI=1S/C18H24N2O7/c1-18(2,3)27-15(23)10-19-12-6-4-11(5-7-12)16(24)20-13(17(25)26)8-9-14(21)22/h4-7,13,19H,8-10H2,1-3H3,(H,20,24)(H,21,22)(H,25,26)/t13-/m0/s1. The van der Waals surface area contributed by atoms with E-state index in [0.717, 1.165) is 0 Å². The number of amides is 1. The van der Waals surface area contributed by atoms with Crippen molar-refractivity contribution in [2.45, 2.75) is 45.3 Å². The molecule has 0 aliphatic heterocycles. The van der Waals surface area contributed by atoms with E-state index in [4.69, 9.17) is 14.9 Å². The molecule has 0 bridgehead atoms. The van der Waals surface area contributed by atoms with Gasteiger partial charge in [-0.05, 0) is 51.5 Å². The fraction of sp³-hybridized carbons (Fsp3) is 0.444. The van der Waals surface area contributed by atoms with Crippen molar-refractivity contribution < 1.29 is 34.1 Å². The molecule has 0 saturated heterocycles. The van der Waals surface area contributed by atoms with Crippen molar-refractivity contribution in [3.05, 3.63) is 29.8 Å². The number of esters is 1. The van der Waals surface area contributed by atoms with E-state index in [1.165, 1.54) is 12.1 Å². The minimum absolute atomic E-state index is 0.0426. The van der Waals surface area contributed by atoms with E-state index in [2.05, 4.69) is 10.6 Å². The first kappa shape index (κ1) is 21.9. The quantitative estimate of drug-likeness (QED) is 0.472. The predicted octanol–water partition coefficient (Wildman–Crippen LogP) is 1.49. The molecule has 1 aromatic carbocycles. The van der Waals surface area contributed by atoms with E-state index in [-0.39, 0.29) is 24.9 Å². The molecule has 0 spiro atoms. The Morgan fingerprint density at radius 1 is 1.07 bits per heavy atom. The van der Waals surface area contributed by atoms with Crippen molar-refractivity contribution in [3.63, 3.8) is 0 Å². The van der Waals surface area contributed by atoms with Crippen LogP contribution in [0.3, 0.4) is 0 Å². The van der Waals surface area contributed by atoms with Crippen molar-refractivity contribution >= 4 is 29.5 Å². The minimum Gasteiger partial charge on any atom is -0.481 e. The van der Waals surface area contributed by atoms with Crippen LogP contribution in [0.25, 0.3) is 0 Å². The first-order chi connectivity index (χ1) is 12.5. The zero-order valence-electron chi connectivity index (χ0n) is 15.4. The lowest BCUT2D eigenvalue weighted by molar-refractivity contribution is -0.152. The van der Waals surface area contributed by atoms with Gasteiger partial charge in [-0.3, -0.25) is 14.4 Å². The number of carbonyl (C=O) groups is 4. The molecular formula is C18H24N2O7. The average Bonchev–Trinajstić information content (AvgIpc) is 2.55. The second-order valence-electron chi connectivity index (χ2n) is 6.81. The van der Waals surface area contributed by atoms with Crippen LogP contribution in [0.15, 0.2) is 24.3 Å². The van der Waals surface area contributed by atoms with Crippen LogP contribution in [0.5, 0.6) is 0 Å². The molecule has 9 heteroatoms. The van der Waals surface area contributed by atoms with Crippen molar-refractivity contribution in [2.24, 2.45) is 0 Å². The van der Waals surface area contributed by atoms with Gasteiger partial charge in [0.2, 0.25) is 0 Å². The van der Waals surface area contributed by atoms with Crippen molar-refractivity contribution in [2.75, 3.05) is 11.9 Å². The topological polar surface area (TPSA) is 142 Å². The zero-order chi connectivity index (χ0) is 20.6. The van der Waals surface area contributed by atoms with E-state index >= 15 is 0 Å². The molecule has 0 radical (unpaired) electrons. The Balaban J connectivity index is 2.61. The molecule has 0 aromatic heterocycles. The van der Waals surface area contributed by atoms with Gasteiger partial charge >= 0.3 is 17.9 Å². The first-order valence-electron chi connectivity index (χ1n) is 8.29. The summed E-state index contributed by atoms with van der Waals surface area (Å²) in [6, 6.07) is 4.75.